The van der Waals surface area contributed by atoms with Gasteiger partial charge in [-0.15, -0.1) is 11.3 Å². The monoisotopic (exact) mass is 487 g/mol. The van der Waals surface area contributed by atoms with Crippen molar-refractivity contribution in [1.29, 1.82) is 0 Å². The van der Waals surface area contributed by atoms with Crippen LogP contribution in [0.15, 0.2) is 40.6 Å². The zero-order valence-electron chi connectivity index (χ0n) is 19.3. The molecule has 2 aromatic heterocycles. The molecule has 3 aromatic rings. The number of fused-ring (bicyclic) bond motifs is 1. The van der Waals surface area contributed by atoms with E-state index >= 15 is 0 Å². The highest BCUT2D eigenvalue weighted by molar-refractivity contribution is 7.88. The first-order valence-electron chi connectivity index (χ1n) is 10.9. The molecule has 4 rings (SSSR count). The molecule has 0 aliphatic carbocycles. The highest BCUT2D eigenvalue weighted by Crippen LogP contribution is 2.39. The van der Waals surface area contributed by atoms with Crippen molar-refractivity contribution in [3.05, 3.63) is 57.3 Å². The van der Waals surface area contributed by atoms with Gasteiger partial charge < -0.3 is 9.88 Å². The quantitative estimate of drug-likeness (QED) is 0.573. The Bertz CT molecular complexity index is 1370. The summed E-state index contributed by atoms with van der Waals surface area (Å²) in [6.07, 6.45) is 4.32. The summed E-state index contributed by atoms with van der Waals surface area (Å²) < 4.78 is 26.7. The van der Waals surface area contributed by atoms with Gasteiger partial charge in [-0.25, -0.2) is 13.1 Å². The van der Waals surface area contributed by atoms with Crippen LogP contribution in [0, 0.1) is 0 Å². The average molecular weight is 488 g/mol. The van der Waals surface area contributed by atoms with Gasteiger partial charge >= 0.3 is 0 Å². The lowest BCUT2D eigenvalue weighted by Gasteiger charge is -2.25. The zero-order chi connectivity index (χ0) is 24.0. The van der Waals surface area contributed by atoms with Crippen LogP contribution in [0.1, 0.15) is 49.5 Å². The van der Waals surface area contributed by atoms with Crippen molar-refractivity contribution in [2.24, 2.45) is 0 Å². The van der Waals surface area contributed by atoms with Gasteiger partial charge in [0.25, 0.3) is 11.5 Å². The number of H-pyrrole nitrogens is 1. The predicted octanol–water partition coefficient (Wildman–Crippen LogP) is 3.71. The van der Waals surface area contributed by atoms with E-state index in [0.29, 0.717) is 17.7 Å². The van der Waals surface area contributed by atoms with E-state index < -0.39 is 10.0 Å². The topological polar surface area (TPSA) is 99.3 Å². The average Bonchev–Trinajstić information content (AvgIpc) is 3.37. The molecule has 0 bridgehead atoms. The van der Waals surface area contributed by atoms with Gasteiger partial charge in [0.2, 0.25) is 10.0 Å². The minimum absolute atomic E-state index is 0.0990. The number of thiophene rings is 1. The zero-order valence-corrected chi connectivity index (χ0v) is 20.9. The van der Waals surface area contributed by atoms with Crippen molar-refractivity contribution < 1.29 is 13.2 Å². The van der Waals surface area contributed by atoms with Crippen molar-refractivity contribution in [2.45, 2.75) is 45.1 Å². The minimum Gasteiger partial charge on any atom is -0.334 e. The Labute approximate surface area is 197 Å². The molecule has 1 aliphatic heterocycles. The minimum atomic E-state index is -3.33. The molecule has 1 fully saturated rings. The van der Waals surface area contributed by atoms with Gasteiger partial charge in [-0.1, -0.05) is 20.8 Å². The Hall–Kier alpha value is -2.49. The van der Waals surface area contributed by atoms with Crippen molar-refractivity contribution in [3.8, 4) is 11.1 Å². The van der Waals surface area contributed by atoms with Gasteiger partial charge in [0.1, 0.15) is 0 Å². The van der Waals surface area contributed by atoms with Crippen molar-refractivity contribution in [3.63, 3.8) is 0 Å². The number of pyridine rings is 1. The van der Waals surface area contributed by atoms with Crippen LogP contribution in [-0.2, 0) is 15.4 Å². The van der Waals surface area contributed by atoms with Crippen LogP contribution in [0.5, 0.6) is 0 Å². The third-order valence-electron chi connectivity index (χ3n) is 6.06. The molecule has 1 amide bonds. The fourth-order valence-electron chi connectivity index (χ4n) is 4.38. The summed E-state index contributed by atoms with van der Waals surface area (Å²) in [6.45, 7) is 7.17. The SMILES string of the molecule is CC(C)(C)c1cc(-c2ccc[nH]c2=O)cc2c(C(=O)N3CCC[C@@H]3CNS(C)(=O)=O)csc12. The number of aromatic nitrogens is 1. The molecule has 3 heterocycles. The summed E-state index contributed by atoms with van der Waals surface area (Å²) >= 11 is 1.54. The molecule has 0 radical (unpaired) electrons. The van der Waals surface area contributed by atoms with Crippen molar-refractivity contribution in [1.82, 2.24) is 14.6 Å². The maximum absolute atomic E-state index is 13.6. The molecule has 0 spiro atoms. The molecular weight excluding hydrogens is 458 g/mol. The lowest BCUT2D eigenvalue weighted by molar-refractivity contribution is 0.0741. The number of nitrogens with one attached hydrogen (secondary N) is 2. The van der Waals surface area contributed by atoms with Gasteiger partial charge in [0.15, 0.2) is 0 Å². The van der Waals surface area contributed by atoms with Gasteiger partial charge in [-0.3, -0.25) is 9.59 Å². The smallest absolute Gasteiger partial charge is 0.255 e. The Morgan fingerprint density at radius 2 is 2.06 bits per heavy atom. The third-order valence-corrected chi connectivity index (χ3v) is 7.78. The number of hydrogen-bond acceptors (Lipinski definition) is 5. The Balaban J connectivity index is 1.80. The number of hydrogen-bond donors (Lipinski definition) is 2. The number of likely N-dealkylation sites (tertiary alicyclic amines) is 1. The number of benzene rings is 1. The van der Waals surface area contributed by atoms with Crippen LogP contribution < -0.4 is 10.3 Å². The van der Waals surface area contributed by atoms with Gasteiger partial charge in [-0.05, 0) is 53.6 Å². The lowest BCUT2D eigenvalue weighted by atomic mass is 9.84. The molecule has 7 nitrogen and oxygen atoms in total. The highest BCUT2D eigenvalue weighted by Gasteiger charge is 2.32. The van der Waals surface area contributed by atoms with E-state index in [9.17, 15) is 18.0 Å². The fraction of sp³-hybridized carbons (Fsp3) is 0.417. The summed E-state index contributed by atoms with van der Waals surface area (Å²) in [4.78, 5) is 30.6. The van der Waals surface area contributed by atoms with E-state index in [-0.39, 0.29) is 29.5 Å². The normalized spacial score (nSPS) is 17.1. The van der Waals surface area contributed by atoms with E-state index in [2.05, 4.69) is 30.5 Å². The summed E-state index contributed by atoms with van der Waals surface area (Å²) in [5, 5.41) is 2.72. The largest absolute Gasteiger partial charge is 0.334 e. The van der Waals surface area contributed by atoms with E-state index in [1.54, 1.807) is 23.2 Å². The molecular formula is C24H29N3O4S2. The fourth-order valence-corrected chi connectivity index (χ4v) is 6.13. The second kappa shape index (κ2) is 8.70. The van der Waals surface area contributed by atoms with E-state index in [1.165, 1.54) is 11.3 Å². The summed E-state index contributed by atoms with van der Waals surface area (Å²) in [5.41, 5.74) is 2.66. The van der Waals surface area contributed by atoms with E-state index in [4.69, 9.17) is 0 Å². The summed E-state index contributed by atoms with van der Waals surface area (Å²) in [7, 11) is -3.33. The first kappa shape index (κ1) is 23.7. The first-order chi connectivity index (χ1) is 15.5. The maximum atomic E-state index is 13.6. The third kappa shape index (κ3) is 4.90. The Morgan fingerprint density at radius 1 is 1.30 bits per heavy atom. The molecule has 1 aromatic carbocycles. The molecule has 1 saturated heterocycles. The van der Waals surface area contributed by atoms with Gasteiger partial charge in [-0.2, -0.15) is 0 Å². The van der Waals surface area contributed by atoms with E-state index in [1.807, 2.05) is 17.5 Å². The van der Waals surface area contributed by atoms with Gasteiger partial charge in [0, 0.05) is 46.4 Å². The number of aromatic amines is 1. The second-order valence-electron chi connectivity index (χ2n) is 9.63. The number of carbonyl (C=O) groups excluding carboxylic acids is 1. The molecule has 0 saturated carbocycles. The first-order valence-corrected chi connectivity index (χ1v) is 13.7. The standard InChI is InChI=1S/C24H29N3O4S2/c1-24(2,3)20-12-15(17-8-5-9-25-22(17)28)11-18-19(14-32-21(18)20)23(29)27-10-6-7-16(27)13-26-33(4,30)31/h5,8-9,11-12,14,16,26H,6-7,10,13H2,1-4H3,(H,25,28)/t16-/m1/s1. The van der Waals surface area contributed by atoms with Crippen LogP contribution >= 0.6 is 11.3 Å². The molecule has 176 valence electrons. The molecule has 2 N–H and O–H groups in total. The maximum Gasteiger partial charge on any atom is 0.255 e. The molecule has 0 unspecified atom stereocenters. The number of sulfonamides is 1. The molecule has 33 heavy (non-hydrogen) atoms. The molecule has 1 aliphatic rings. The summed E-state index contributed by atoms with van der Waals surface area (Å²) in [6, 6.07) is 7.38. The van der Waals surface area contributed by atoms with Crippen LogP contribution in [0.3, 0.4) is 0 Å². The highest BCUT2D eigenvalue weighted by atomic mass is 32.2. The lowest BCUT2D eigenvalue weighted by Crippen LogP contribution is -2.42. The molecule has 1 atom stereocenters. The van der Waals surface area contributed by atoms with Crippen LogP contribution in [0.4, 0.5) is 0 Å². The summed E-state index contributed by atoms with van der Waals surface area (Å²) in [5.74, 6) is -0.0990. The van der Waals surface area contributed by atoms with Crippen molar-refractivity contribution in [2.75, 3.05) is 19.3 Å². The molecule has 9 heteroatoms. The van der Waals surface area contributed by atoms with Crippen LogP contribution in [0.25, 0.3) is 21.2 Å². The van der Waals surface area contributed by atoms with E-state index in [0.717, 1.165) is 40.3 Å². The Morgan fingerprint density at radius 3 is 2.73 bits per heavy atom. The van der Waals surface area contributed by atoms with Gasteiger partial charge in [0.05, 0.1) is 11.8 Å². The number of nitrogens with zero attached hydrogens (tertiary/aromatic N) is 1. The number of rotatable bonds is 5. The number of carbonyl (C=O) groups is 1. The predicted molar refractivity (Wildman–Crippen MR) is 133 cm³/mol. The second-order valence-corrected chi connectivity index (χ2v) is 12.3. The van der Waals surface area contributed by atoms with Crippen LogP contribution in [-0.4, -0.2) is 49.6 Å². The van der Waals surface area contributed by atoms with Crippen molar-refractivity contribution >= 4 is 37.4 Å². The number of amides is 1. The van der Waals surface area contributed by atoms with Crippen LogP contribution in [0.2, 0.25) is 0 Å². The Kier molecular flexibility index (Phi) is 6.24.